The van der Waals surface area contributed by atoms with Gasteiger partial charge in [0.2, 0.25) is 0 Å². The highest BCUT2D eigenvalue weighted by molar-refractivity contribution is 9.09. The largest absolute Gasteiger partial charge is 0.352 e. The van der Waals surface area contributed by atoms with Crippen molar-refractivity contribution in [3.05, 3.63) is 29.8 Å². The van der Waals surface area contributed by atoms with Gasteiger partial charge in [0.25, 0.3) is 5.91 Å². The second-order valence-corrected chi connectivity index (χ2v) is 7.95. The van der Waals surface area contributed by atoms with Crippen LogP contribution in [0.25, 0.3) is 0 Å². The monoisotopic (exact) mass is 375 g/mol. The number of benzene rings is 1. The minimum Gasteiger partial charge on any atom is -0.352 e. The standard InChI is InChI=1S/C15H22BrNO3S/c1-3-5-12(8-9-16)11-17-15(18)13-6-4-7-14(10-13)21(2,19)20/h4,6-7,10,12H,3,5,8-9,11H2,1-2H3,(H,17,18). The average molecular weight is 376 g/mol. The van der Waals surface area contributed by atoms with Gasteiger partial charge in [-0.2, -0.15) is 0 Å². The summed E-state index contributed by atoms with van der Waals surface area (Å²) in [6, 6.07) is 6.14. The van der Waals surface area contributed by atoms with Crippen LogP contribution >= 0.6 is 15.9 Å². The van der Waals surface area contributed by atoms with Crippen LogP contribution in [0, 0.1) is 5.92 Å². The van der Waals surface area contributed by atoms with Crippen molar-refractivity contribution in [2.45, 2.75) is 31.1 Å². The zero-order valence-electron chi connectivity index (χ0n) is 12.4. The Morgan fingerprint density at radius 1 is 1.33 bits per heavy atom. The summed E-state index contributed by atoms with van der Waals surface area (Å²) >= 11 is 3.42. The lowest BCUT2D eigenvalue weighted by Gasteiger charge is -2.15. The number of hydrogen-bond acceptors (Lipinski definition) is 3. The molecule has 0 saturated carbocycles. The van der Waals surface area contributed by atoms with Gasteiger partial charge in [-0.15, -0.1) is 0 Å². The first-order valence-electron chi connectivity index (χ1n) is 7.02. The summed E-state index contributed by atoms with van der Waals surface area (Å²) in [4.78, 5) is 12.3. The minimum atomic E-state index is -3.29. The molecule has 21 heavy (non-hydrogen) atoms. The molecule has 1 atom stereocenters. The molecule has 0 spiro atoms. The Hall–Kier alpha value is -0.880. The normalized spacial score (nSPS) is 12.9. The van der Waals surface area contributed by atoms with Crippen LogP contribution in [0.3, 0.4) is 0 Å². The van der Waals surface area contributed by atoms with E-state index in [0.717, 1.165) is 30.8 Å². The van der Waals surface area contributed by atoms with Crippen LogP contribution in [0.4, 0.5) is 0 Å². The van der Waals surface area contributed by atoms with E-state index in [2.05, 4.69) is 28.2 Å². The number of nitrogens with one attached hydrogen (secondary N) is 1. The van der Waals surface area contributed by atoms with Crippen LogP contribution in [0.1, 0.15) is 36.5 Å². The molecule has 118 valence electrons. The van der Waals surface area contributed by atoms with E-state index in [1.54, 1.807) is 12.1 Å². The van der Waals surface area contributed by atoms with Gasteiger partial charge in [0.05, 0.1) is 4.90 Å². The first-order valence-corrected chi connectivity index (χ1v) is 10.0. The first-order chi connectivity index (χ1) is 9.88. The molecular formula is C15H22BrNO3S. The Morgan fingerprint density at radius 2 is 2.05 bits per heavy atom. The maximum atomic E-state index is 12.1. The summed E-state index contributed by atoms with van der Waals surface area (Å²) in [7, 11) is -3.29. The summed E-state index contributed by atoms with van der Waals surface area (Å²) in [6.07, 6.45) is 4.29. The molecule has 0 fully saturated rings. The predicted molar refractivity (Wildman–Crippen MR) is 88.7 cm³/mol. The van der Waals surface area contributed by atoms with Crippen molar-refractivity contribution in [1.29, 1.82) is 0 Å². The third-order valence-electron chi connectivity index (χ3n) is 3.29. The van der Waals surface area contributed by atoms with Crippen LogP contribution < -0.4 is 5.32 Å². The van der Waals surface area contributed by atoms with Crippen molar-refractivity contribution in [2.24, 2.45) is 5.92 Å². The van der Waals surface area contributed by atoms with Gasteiger partial charge in [0.1, 0.15) is 0 Å². The molecule has 0 aliphatic rings. The Balaban J connectivity index is 2.71. The summed E-state index contributed by atoms with van der Waals surface area (Å²) in [6.45, 7) is 2.74. The SMILES string of the molecule is CCCC(CCBr)CNC(=O)c1cccc(S(C)(=O)=O)c1. The smallest absolute Gasteiger partial charge is 0.251 e. The summed E-state index contributed by atoms with van der Waals surface area (Å²) in [5, 5.41) is 3.81. The molecule has 6 heteroatoms. The van der Waals surface area contributed by atoms with Gasteiger partial charge in [-0.05, 0) is 37.0 Å². The minimum absolute atomic E-state index is 0.167. The highest BCUT2D eigenvalue weighted by Crippen LogP contribution is 2.13. The summed E-state index contributed by atoms with van der Waals surface area (Å²) in [5.74, 6) is 0.215. The zero-order valence-corrected chi connectivity index (χ0v) is 14.8. The average Bonchev–Trinajstić information content (AvgIpc) is 2.44. The third kappa shape index (κ3) is 6.18. The van der Waals surface area contributed by atoms with Crippen molar-refractivity contribution in [1.82, 2.24) is 5.32 Å². The molecule has 1 N–H and O–H groups in total. The number of rotatable bonds is 8. The molecule has 0 heterocycles. The number of carbonyl (C=O) groups is 1. The van der Waals surface area contributed by atoms with E-state index in [4.69, 9.17) is 0 Å². The van der Waals surface area contributed by atoms with E-state index in [-0.39, 0.29) is 10.8 Å². The Morgan fingerprint density at radius 3 is 2.62 bits per heavy atom. The van der Waals surface area contributed by atoms with Crippen LogP contribution in [-0.2, 0) is 9.84 Å². The molecule has 0 aliphatic carbocycles. The fraction of sp³-hybridized carbons (Fsp3) is 0.533. The van der Waals surface area contributed by atoms with E-state index in [9.17, 15) is 13.2 Å². The lowest BCUT2D eigenvalue weighted by atomic mass is 10.0. The van der Waals surface area contributed by atoms with Crippen molar-refractivity contribution >= 4 is 31.7 Å². The van der Waals surface area contributed by atoms with Crippen LogP contribution in [-0.4, -0.2) is 32.5 Å². The fourth-order valence-electron chi connectivity index (χ4n) is 2.12. The van der Waals surface area contributed by atoms with E-state index in [0.29, 0.717) is 18.0 Å². The molecule has 1 amide bonds. The third-order valence-corrected chi connectivity index (χ3v) is 4.86. The van der Waals surface area contributed by atoms with E-state index >= 15 is 0 Å². The van der Waals surface area contributed by atoms with Crippen molar-refractivity contribution in [2.75, 3.05) is 18.1 Å². The van der Waals surface area contributed by atoms with E-state index in [1.165, 1.54) is 12.1 Å². The zero-order chi connectivity index (χ0) is 15.9. The Kier molecular flexibility index (Phi) is 7.39. The Labute approximate surface area is 135 Å². The maximum Gasteiger partial charge on any atom is 0.251 e. The number of halogens is 1. The van der Waals surface area contributed by atoms with Gasteiger partial charge >= 0.3 is 0 Å². The molecule has 0 bridgehead atoms. The van der Waals surface area contributed by atoms with Gasteiger partial charge in [-0.1, -0.05) is 35.3 Å². The number of sulfone groups is 1. The van der Waals surface area contributed by atoms with Gasteiger partial charge in [-0.3, -0.25) is 4.79 Å². The van der Waals surface area contributed by atoms with Crippen LogP contribution in [0.2, 0.25) is 0 Å². The quantitative estimate of drug-likeness (QED) is 0.710. The van der Waals surface area contributed by atoms with Gasteiger partial charge in [-0.25, -0.2) is 8.42 Å². The number of amides is 1. The maximum absolute atomic E-state index is 12.1. The molecule has 0 radical (unpaired) electrons. The second kappa shape index (κ2) is 8.54. The van der Waals surface area contributed by atoms with Gasteiger partial charge in [0.15, 0.2) is 9.84 Å². The molecule has 1 unspecified atom stereocenters. The highest BCUT2D eigenvalue weighted by Gasteiger charge is 2.13. The highest BCUT2D eigenvalue weighted by atomic mass is 79.9. The van der Waals surface area contributed by atoms with Crippen molar-refractivity contribution in [3.63, 3.8) is 0 Å². The molecule has 1 rings (SSSR count). The molecule has 1 aromatic carbocycles. The number of hydrogen-bond donors (Lipinski definition) is 1. The summed E-state index contributed by atoms with van der Waals surface area (Å²) < 4.78 is 23.0. The molecule has 1 aromatic rings. The number of alkyl halides is 1. The predicted octanol–water partition coefficient (Wildman–Crippen LogP) is 3.02. The van der Waals surface area contributed by atoms with E-state index < -0.39 is 9.84 Å². The van der Waals surface area contributed by atoms with Crippen LogP contribution in [0.15, 0.2) is 29.2 Å². The lowest BCUT2D eigenvalue weighted by molar-refractivity contribution is 0.0946. The fourth-order valence-corrected chi connectivity index (χ4v) is 3.43. The lowest BCUT2D eigenvalue weighted by Crippen LogP contribution is -2.29. The first kappa shape index (κ1) is 18.2. The molecule has 0 saturated heterocycles. The topological polar surface area (TPSA) is 63.2 Å². The molecule has 0 aromatic heterocycles. The molecule has 4 nitrogen and oxygen atoms in total. The Bertz CT molecular complexity index is 566. The van der Waals surface area contributed by atoms with Crippen molar-refractivity contribution < 1.29 is 13.2 Å². The second-order valence-electron chi connectivity index (χ2n) is 5.14. The van der Waals surface area contributed by atoms with Crippen LogP contribution in [0.5, 0.6) is 0 Å². The summed E-state index contributed by atoms with van der Waals surface area (Å²) in [5.41, 5.74) is 0.381. The molecule has 0 aliphatic heterocycles. The van der Waals surface area contributed by atoms with Crippen molar-refractivity contribution in [3.8, 4) is 0 Å². The van der Waals surface area contributed by atoms with Gasteiger partial charge < -0.3 is 5.32 Å². The van der Waals surface area contributed by atoms with E-state index in [1.807, 2.05) is 0 Å². The van der Waals surface area contributed by atoms with Gasteiger partial charge in [0, 0.05) is 23.7 Å². The molecular weight excluding hydrogens is 354 g/mol. The number of carbonyl (C=O) groups excluding carboxylic acids is 1.